The SMILES string of the molecule is Cc1cccn2c(=O)c(/C=C(\C#N)C(=O)NCc3ccco3)c(N3CCC[C@H](C)C3)nc12. The Kier molecular flexibility index (Phi) is 6.08. The Balaban J connectivity index is 1.79. The zero-order chi connectivity index (χ0) is 22.7. The Bertz CT molecular complexity index is 1270. The van der Waals surface area contributed by atoms with Crippen molar-refractivity contribution in [3.8, 4) is 6.07 Å². The lowest BCUT2D eigenvalue weighted by Crippen LogP contribution is -2.37. The maximum atomic E-state index is 13.4. The Morgan fingerprint density at radius 3 is 2.97 bits per heavy atom. The molecule has 8 heteroatoms. The molecule has 3 aromatic heterocycles. The second-order valence-corrected chi connectivity index (χ2v) is 8.16. The van der Waals surface area contributed by atoms with Gasteiger partial charge < -0.3 is 14.6 Å². The molecule has 1 N–H and O–H groups in total. The summed E-state index contributed by atoms with van der Waals surface area (Å²) >= 11 is 0. The minimum Gasteiger partial charge on any atom is -0.467 e. The van der Waals surface area contributed by atoms with Gasteiger partial charge in [-0.3, -0.25) is 14.0 Å². The van der Waals surface area contributed by atoms with Gasteiger partial charge in [0.15, 0.2) is 0 Å². The van der Waals surface area contributed by atoms with Crippen molar-refractivity contribution in [3.63, 3.8) is 0 Å². The van der Waals surface area contributed by atoms with Gasteiger partial charge in [0.2, 0.25) is 0 Å². The van der Waals surface area contributed by atoms with Gasteiger partial charge in [-0.25, -0.2) is 4.98 Å². The fourth-order valence-corrected chi connectivity index (χ4v) is 4.02. The lowest BCUT2D eigenvalue weighted by molar-refractivity contribution is -0.117. The molecule has 1 atom stereocenters. The molecule has 1 fully saturated rings. The standard InChI is InChI=1S/C24H25N5O3/c1-16-6-3-9-28(15-16)22-20(24(31)29-10-4-7-17(2)21(29)27-22)12-18(13-25)23(30)26-14-19-8-5-11-32-19/h4-5,7-8,10-12,16H,3,6,9,14-15H2,1-2H3,(H,26,30)/b18-12+/t16-/m0/s1. The molecule has 0 radical (unpaired) electrons. The minimum absolute atomic E-state index is 0.148. The van der Waals surface area contributed by atoms with Gasteiger partial charge in [0.05, 0.1) is 18.4 Å². The number of furan rings is 1. The first-order valence-corrected chi connectivity index (χ1v) is 10.7. The fourth-order valence-electron chi connectivity index (χ4n) is 4.02. The predicted octanol–water partition coefficient (Wildman–Crippen LogP) is 3.06. The number of nitriles is 1. The van der Waals surface area contributed by atoms with Crippen LogP contribution in [0.15, 0.2) is 51.5 Å². The molecule has 0 saturated carbocycles. The van der Waals surface area contributed by atoms with Crippen LogP contribution in [0.2, 0.25) is 0 Å². The van der Waals surface area contributed by atoms with E-state index in [1.165, 1.54) is 16.7 Å². The highest BCUT2D eigenvalue weighted by Gasteiger charge is 2.24. The van der Waals surface area contributed by atoms with Crippen LogP contribution in [0, 0.1) is 24.2 Å². The van der Waals surface area contributed by atoms with Crippen molar-refractivity contribution in [2.45, 2.75) is 33.2 Å². The van der Waals surface area contributed by atoms with E-state index in [9.17, 15) is 14.9 Å². The van der Waals surface area contributed by atoms with E-state index in [-0.39, 0.29) is 23.2 Å². The van der Waals surface area contributed by atoms with Gasteiger partial charge in [0.25, 0.3) is 11.5 Å². The Morgan fingerprint density at radius 1 is 1.41 bits per heavy atom. The summed E-state index contributed by atoms with van der Waals surface area (Å²) in [4.78, 5) is 33.0. The second-order valence-electron chi connectivity index (χ2n) is 8.16. The summed E-state index contributed by atoms with van der Waals surface area (Å²) < 4.78 is 6.68. The van der Waals surface area contributed by atoms with Crippen LogP contribution in [0.4, 0.5) is 5.82 Å². The number of aryl methyl sites for hydroxylation is 1. The highest BCUT2D eigenvalue weighted by atomic mass is 16.3. The zero-order valence-electron chi connectivity index (χ0n) is 18.2. The molecule has 1 aliphatic heterocycles. The fraction of sp³-hybridized carbons (Fsp3) is 0.333. The van der Waals surface area contributed by atoms with E-state index in [4.69, 9.17) is 9.40 Å². The molecule has 32 heavy (non-hydrogen) atoms. The monoisotopic (exact) mass is 431 g/mol. The first-order valence-electron chi connectivity index (χ1n) is 10.7. The van der Waals surface area contributed by atoms with E-state index in [0.717, 1.165) is 31.5 Å². The number of nitrogens with one attached hydrogen (secondary N) is 1. The third-order valence-corrected chi connectivity index (χ3v) is 5.68. The predicted molar refractivity (Wildman–Crippen MR) is 121 cm³/mol. The van der Waals surface area contributed by atoms with Crippen LogP contribution < -0.4 is 15.8 Å². The Labute approximate surface area is 185 Å². The van der Waals surface area contributed by atoms with Gasteiger partial charge >= 0.3 is 0 Å². The van der Waals surface area contributed by atoms with E-state index in [1.54, 1.807) is 24.4 Å². The van der Waals surface area contributed by atoms with Crippen molar-refractivity contribution in [1.29, 1.82) is 5.26 Å². The number of piperidine rings is 1. The molecule has 0 aromatic carbocycles. The Morgan fingerprint density at radius 2 is 2.25 bits per heavy atom. The quantitative estimate of drug-likeness (QED) is 0.492. The summed E-state index contributed by atoms with van der Waals surface area (Å²) in [5, 5.41) is 12.3. The van der Waals surface area contributed by atoms with E-state index in [0.29, 0.717) is 23.1 Å². The van der Waals surface area contributed by atoms with Crippen molar-refractivity contribution < 1.29 is 9.21 Å². The molecule has 0 spiro atoms. The largest absolute Gasteiger partial charge is 0.467 e. The van der Waals surface area contributed by atoms with Gasteiger partial charge in [0.1, 0.15) is 28.9 Å². The molecular weight excluding hydrogens is 406 g/mol. The van der Waals surface area contributed by atoms with Crippen LogP contribution in [0.1, 0.15) is 36.7 Å². The average molecular weight is 431 g/mol. The van der Waals surface area contributed by atoms with Gasteiger partial charge in [-0.15, -0.1) is 0 Å². The maximum absolute atomic E-state index is 13.4. The molecule has 0 bridgehead atoms. The second kappa shape index (κ2) is 9.10. The molecule has 4 heterocycles. The molecule has 3 aromatic rings. The van der Waals surface area contributed by atoms with Crippen LogP contribution in [-0.2, 0) is 11.3 Å². The molecule has 0 unspecified atom stereocenters. The van der Waals surface area contributed by atoms with Gasteiger partial charge in [-0.1, -0.05) is 13.0 Å². The summed E-state index contributed by atoms with van der Waals surface area (Å²) in [6.45, 7) is 5.76. The van der Waals surface area contributed by atoms with Crippen LogP contribution in [0.5, 0.6) is 0 Å². The number of nitrogens with zero attached hydrogens (tertiary/aromatic N) is 4. The minimum atomic E-state index is -0.574. The number of fused-ring (bicyclic) bond motifs is 1. The molecule has 1 saturated heterocycles. The molecule has 4 rings (SSSR count). The highest BCUT2D eigenvalue weighted by Crippen LogP contribution is 2.25. The van der Waals surface area contributed by atoms with Gasteiger partial charge in [-0.05, 0) is 55.5 Å². The first kappa shape index (κ1) is 21.4. The van der Waals surface area contributed by atoms with E-state index in [1.807, 2.05) is 19.1 Å². The first-order chi connectivity index (χ1) is 15.5. The summed E-state index contributed by atoms with van der Waals surface area (Å²) in [5.41, 5.74) is 1.23. The number of carbonyl (C=O) groups is 1. The topological polar surface area (TPSA) is 104 Å². The summed E-state index contributed by atoms with van der Waals surface area (Å²) in [5.74, 6) is 0.976. The highest BCUT2D eigenvalue weighted by molar-refractivity contribution is 6.02. The van der Waals surface area contributed by atoms with Gasteiger partial charge in [0, 0.05) is 19.3 Å². The molecule has 0 aliphatic carbocycles. The smallest absolute Gasteiger partial charge is 0.267 e. The molecule has 164 valence electrons. The normalized spacial score (nSPS) is 16.7. The summed E-state index contributed by atoms with van der Waals surface area (Å²) in [7, 11) is 0. The van der Waals surface area contributed by atoms with Crippen LogP contribution in [0.25, 0.3) is 11.7 Å². The number of amides is 1. The molecule has 8 nitrogen and oxygen atoms in total. The number of hydrogen-bond donors (Lipinski definition) is 1. The van der Waals surface area contributed by atoms with Crippen molar-refractivity contribution in [1.82, 2.24) is 14.7 Å². The number of rotatable bonds is 5. The van der Waals surface area contributed by atoms with E-state index < -0.39 is 5.91 Å². The molecule has 1 aliphatic rings. The number of anilines is 1. The van der Waals surface area contributed by atoms with Gasteiger partial charge in [-0.2, -0.15) is 5.26 Å². The number of hydrogen-bond acceptors (Lipinski definition) is 6. The lowest BCUT2D eigenvalue weighted by atomic mass is 10.00. The molecule has 1 amide bonds. The number of carbonyl (C=O) groups excluding carboxylic acids is 1. The molecular formula is C24H25N5O3. The van der Waals surface area contributed by atoms with Crippen LogP contribution in [-0.4, -0.2) is 28.4 Å². The average Bonchev–Trinajstić information content (AvgIpc) is 3.31. The van der Waals surface area contributed by atoms with Crippen LogP contribution in [0.3, 0.4) is 0 Å². The lowest BCUT2D eigenvalue weighted by Gasteiger charge is -2.32. The third kappa shape index (κ3) is 4.28. The zero-order valence-corrected chi connectivity index (χ0v) is 18.2. The van der Waals surface area contributed by atoms with Crippen molar-refractivity contribution >= 4 is 23.4 Å². The Hall–Kier alpha value is -3.86. The van der Waals surface area contributed by atoms with E-state index in [2.05, 4.69) is 17.1 Å². The third-order valence-electron chi connectivity index (χ3n) is 5.68. The maximum Gasteiger partial charge on any atom is 0.267 e. The van der Waals surface area contributed by atoms with Crippen molar-refractivity contribution in [3.05, 3.63) is 69.5 Å². The number of aromatic nitrogens is 2. The van der Waals surface area contributed by atoms with Crippen molar-refractivity contribution in [2.24, 2.45) is 5.92 Å². The van der Waals surface area contributed by atoms with E-state index >= 15 is 0 Å². The summed E-state index contributed by atoms with van der Waals surface area (Å²) in [6.07, 6.45) is 6.63. The van der Waals surface area contributed by atoms with Crippen molar-refractivity contribution in [2.75, 3.05) is 18.0 Å². The number of pyridine rings is 1. The van der Waals surface area contributed by atoms with Crippen LogP contribution >= 0.6 is 0 Å². The summed E-state index contributed by atoms with van der Waals surface area (Å²) in [6, 6.07) is 9.07.